The Morgan fingerprint density at radius 2 is 2.11 bits per heavy atom. The zero-order chi connectivity index (χ0) is 14.1. The van der Waals surface area contributed by atoms with Crippen LogP contribution in [0.25, 0.3) is 0 Å². The summed E-state index contributed by atoms with van der Waals surface area (Å²) in [5.41, 5.74) is 5.67. The minimum absolute atomic E-state index is 0.344. The van der Waals surface area contributed by atoms with E-state index in [4.69, 9.17) is 15.2 Å². The molecule has 0 aliphatic rings. The molecule has 0 aliphatic heterocycles. The molecule has 0 saturated heterocycles. The molecular weight excluding hydrogens is 330 g/mol. The molecular formula is C13H18BrNO3S. The fourth-order valence-electron chi connectivity index (χ4n) is 1.28. The van der Waals surface area contributed by atoms with Crippen molar-refractivity contribution in [1.82, 2.24) is 0 Å². The first kappa shape index (κ1) is 16.3. The third kappa shape index (κ3) is 6.84. The lowest BCUT2D eigenvalue weighted by molar-refractivity contribution is -0.144. The van der Waals surface area contributed by atoms with Crippen molar-refractivity contribution in [3.8, 4) is 5.75 Å². The van der Waals surface area contributed by atoms with Crippen LogP contribution in [0.15, 0.2) is 28.7 Å². The maximum Gasteiger partial charge on any atom is 0.323 e. The smallest absolute Gasteiger partial charge is 0.323 e. The largest absolute Gasteiger partial charge is 0.493 e. The Hall–Kier alpha value is -0.720. The molecule has 1 aromatic rings. The van der Waals surface area contributed by atoms with Gasteiger partial charge in [-0.2, -0.15) is 11.8 Å². The number of carbonyl (C=O) groups is 1. The number of benzene rings is 1. The Balaban J connectivity index is 2.11. The number of rotatable bonds is 8. The van der Waals surface area contributed by atoms with Gasteiger partial charge in [-0.05, 0) is 31.2 Å². The van der Waals surface area contributed by atoms with Crippen molar-refractivity contribution in [3.05, 3.63) is 28.7 Å². The number of thioether (sulfide) groups is 1. The summed E-state index contributed by atoms with van der Waals surface area (Å²) in [7, 11) is 0. The molecule has 0 aliphatic carbocycles. The lowest BCUT2D eigenvalue weighted by Gasteiger charge is -2.10. The summed E-state index contributed by atoms with van der Waals surface area (Å²) in [4.78, 5) is 11.3. The summed E-state index contributed by atoms with van der Waals surface area (Å²) >= 11 is 4.94. The van der Waals surface area contributed by atoms with Gasteiger partial charge in [-0.15, -0.1) is 0 Å². The number of hydrogen-bond acceptors (Lipinski definition) is 5. The van der Waals surface area contributed by atoms with Gasteiger partial charge >= 0.3 is 5.97 Å². The standard InChI is InChI=1S/C13H18BrNO3S/c1-2-17-13(16)12(15)9-19-8-7-18-11-5-3-10(14)4-6-11/h3-6,12H,2,7-9,15H2,1H3. The van der Waals surface area contributed by atoms with E-state index in [1.807, 2.05) is 24.3 Å². The van der Waals surface area contributed by atoms with Crippen LogP contribution in [0, 0.1) is 0 Å². The first-order valence-corrected chi connectivity index (χ1v) is 7.96. The second-order valence-electron chi connectivity index (χ2n) is 3.74. The van der Waals surface area contributed by atoms with Crippen LogP contribution in [0.3, 0.4) is 0 Å². The Morgan fingerprint density at radius 3 is 2.74 bits per heavy atom. The van der Waals surface area contributed by atoms with Crippen LogP contribution >= 0.6 is 27.7 Å². The monoisotopic (exact) mass is 347 g/mol. The Kier molecular flexibility index (Phi) is 7.93. The molecule has 1 aromatic carbocycles. The second-order valence-corrected chi connectivity index (χ2v) is 5.80. The van der Waals surface area contributed by atoms with Gasteiger partial charge in [0, 0.05) is 16.0 Å². The minimum atomic E-state index is -0.558. The van der Waals surface area contributed by atoms with Crippen molar-refractivity contribution in [3.63, 3.8) is 0 Å². The van der Waals surface area contributed by atoms with Crippen molar-refractivity contribution < 1.29 is 14.3 Å². The lowest BCUT2D eigenvalue weighted by atomic mass is 10.3. The van der Waals surface area contributed by atoms with Crippen molar-refractivity contribution in [2.75, 3.05) is 24.7 Å². The van der Waals surface area contributed by atoms with Crippen LogP contribution in [-0.4, -0.2) is 36.7 Å². The molecule has 0 aromatic heterocycles. The number of esters is 1. The second kappa shape index (κ2) is 9.23. The summed E-state index contributed by atoms with van der Waals surface area (Å²) in [6, 6.07) is 7.11. The van der Waals surface area contributed by atoms with Gasteiger partial charge in [0.25, 0.3) is 0 Å². The summed E-state index contributed by atoms with van der Waals surface area (Å²) in [6.45, 7) is 2.72. The molecule has 1 atom stereocenters. The van der Waals surface area contributed by atoms with Crippen LogP contribution in [-0.2, 0) is 9.53 Å². The molecule has 0 heterocycles. The molecule has 1 rings (SSSR count). The SMILES string of the molecule is CCOC(=O)C(N)CSCCOc1ccc(Br)cc1. The van der Waals surface area contributed by atoms with Crippen molar-refractivity contribution in [2.24, 2.45) is 5.73 Å². The highest BCUT2D eigenvalue weighted by Crippen LogP contribution is 2.16. The van der Waals surface area contributed by atoms with Gasteiger partial charge in [0.1, 0.15) is 11.8 Å². The number of halogens is 1. The van der Waals surface area contributed by atoms with E-state index in [1.54, 1.807) is 18.7 Å². The van der Waals surface area contributed by atoms with Crippen LogP contribution in [0.4, 0.5) is 0 Å². The molecule has 106 valence electrons. The Morgan fingerprint density at radius 1 is 1.42 bits per heavy atom. The molecule has 1 unspecified atom stereocenters. The van der Waals surface area contributed by atoms with Gasteiger partial charge in [0.05, 0.1) is 13.2 Å². The van der Waals surface area contributed by atoms with E-state index < -0.39 is 6.04 Å². The molecule has 0 amide bonds. The molecule has 0 spiro atoms. The van der Waals surface area contributed by atoms with E-state index in [9.17, 15) is 4.79 Å². The van der Waals surface area contributed by atoms with Crippen LogP contribution in [0.2, 0.25) is 0 Å². The summed E-state index contributed by atoms with van der Waals surface area (Å²) < 4.78 is 11.4. The van der Waals surface area contributed by atoms with Gasteiger partial charge in [-0.25, -0.2) is 0 Å². The molecule has 0 radical (unpaired) electrons. The molecule has 0 saturated carbocycles. The third-order valence-corrected chi connectivity index (χ3v) is 3.78. The Bertz CT molecular complexity index is 386. The number of ether oxygens (including phenoxy) is 2. The summed E-state index contributed by atoms with van der Waals surface area (Å²) in [5.74, 6) is 1.81. The predicted molar refractivity (Wildman–Crippen MR) is 81.6 cm³/mol. The Labute approximate surface area is 126 Å². The molecule has 19 heavy (non-hydrogen) atoms. The average molecular weight is 348 g/mol. The molecule has 0 bridgehead atoms. The first-order valence-electron chi connectivity index (χ1n) is 6.01. The molecule has 6 heteroatoms. The minimum Gasteiger partial charge on any atom is -0.493 e. The van der Waals surface area contributed by atoms with E-state index in [1.165, 1.54) is 0 Å². The third-order valence-electron chi connectivity index (χ3n) is 2.20. The molecule has 2 N–H and O–H groups in total. The summed E-state index contributed by atoms with van der Waals surface area (Å²) in [6.07, 6.45) is 0. The summed E-state index contributed by atoms with van der Waals surface area (Å²) in [5, 5.41) is 0. The van der Waals surface area contributed by atoms with Crippen LogP contribution in [0.5, 0.6) is 5.75 Å². The van der Waals surface area contributed by atoms with Gasteiger partial charge < -0.3 is 15.2 Å². The highest BCUT2D eigenvalue weighted by Gasteiger charge is 2.13. The van der Waals surface area contributed by atoms with E-state index >= 15 is 0 Å². The van der Waals surface area contributed by atoms with Crippen molar-refractivity contribution in [2.45, 2.75) is 13.0 Å². The zero-order valence-electron chi connectivity index (χ0n) is 10.8. The van der Waals surface area contributed by atoms with Gasteiger partial charge in [0.15, 0.2) is 0 Å². The fraction of sp³-hybridized carbons (Fsp3) is 0.462. The van der Waals surface area contributed by atoms with Crippen molar-refractivity contribution in [1.29, 1.82) is 0 Å². The van der Waals surface area contributed by atoms with Gasteiger partial charge in [-0.1, -0.05) is 15.9 Å². The topological polar surface area (TPSA) is 61.5 Å². The maximum absolute atomic E-state index is 11.3. The molecule has 0 fully saturated rings. The van der Waals surface area contributed by atoms with Crippen molar-refractivity contribution >= 4 is 33.7 Å². The van der Waals surface area contributed by atoms with Gasteiger partial charge in [-0.3, -0.25) is 4.79 Å². The predicted octanol–water partition coefficient (Wildman–Crippen LogP) is 2.45. The molecule has 4 nitrogen and oxygen atoms in total. The van der Waals surface area contributed by atoms with Crippen LogP contribution in [0.1, 0.15) is 6.92 Å². The van der Waals surface area contributed by atoms with E-state index in [-0.39, 0.29) is 5.97 Å². The lowest BCUT2D eigenvalue weighted by Crippen LogP contribution is -2.34. The normalized spacial score (nSPS) is 11.9. The highest BCUT2D eigenvalue weighted by molar-refractivity contribution is 9.10. The maximum atomic E-state index is 11.3. The number of hydrogen-bond donors (Lipinski definition) is 1. The fourth-order valence-corrected chi connectivity index (χ4v) is 2.30. The quantitative estimate of drug-likeness (QED) is 0.578. The first-order chi connectivity index (χ1) is 9.13. The van der Waals surface area contributed by atoms with E-state index in [0.717, 1.165) is 16.0 Å². The zero-order valence-corrected chi connectivity index (χ0v) is 13.2. The number of nitrogens with two attached hydrogens (primary N) is 1. The van der Waals surface area contributed by atoms with E-state index in [0.29, 0.717) is 19.0 Å². The highest BCUT2D eigenvalue weighted by atomic mass is 79.9. The van der Waals surface area contributed by atoms with Gasteiger partial charge in [0.2, 0.25) is 0 Å². The van der Waals surface area contributed by atoms with E-state index in [2.05, 4.69) is 15.9 Å². The van der Waals surface area contributed by atoms with Crippen LogP contribution < -0.4 is 10.5 Å². The average Bonchev–Trinajstić information content (AvgIpc) is 2.40. The number of carbonyl (C=O) groups excluding carboxylic acids is 1.